The van der Waals surface area contributed by atoms with Crippen LogP contribution >= 0.6 is 11.3 Å². The average molecular weight is 404 g/mol. The van der Waals surface area contributed by atoms with Crippen LogP contribution in [0.4, 0.5) is 5.13 Å². The molecular weight excluding hydrogens is 378 g/mol. The van der Waals surface area contributed by atoms with Crippen molar-refractivity contribution >= 4 is 28.2 Å². The number of thiazole rings is 1. The van der Waals surface area contributed by atoms with Crippen LogP contribution in [0.2, 0.25) is 0 Å². The van der Waals surface area contributed by atoms with E-state index in [9.17, 15) is 9.59 Å². The van der Waals surface area contributed by atoms with Crippen molar-refractivity contribution in [2.24, 2.45) is 0 Å². The van der Waals surface area contributed by atoms with Gasteiger partial charge in [-0.25, -0.2) is 9.78 Å². The first kappa shape index (κ1) is 20.3. The maximum atomic E-state index is 12.6. The summed E-state index contributed by atoms with van der Waals surface area (Å²) < 4.78 is 13.0. The van der Waals surface area contributed by atoms with Gasteiger partial charge in [0, 0.05) is 42.0 Å². The summed E-state index contributed by atoms with van der Waals surface area (Å²) in [6, 6.07) is 1.85. The number of esters is 1. The fourth-order valence-electron chi connectivity index (χ4n) is 3.25. The van der Waals surface area contributed by atoms with Gasteiger partial charge in [-0.15, -0.1) is 17.9 Å². The topological polar surface area (TPSA) is 82.5 Å². The fourth-order valence-corrected chi connectivity index (χ4v) is 3.94. The van der Waals surface area contributed by atoms with Gasteiger partial charge in [-0.05, 0) is 32.8 Å². The van der Waals surface area contributed by atoms with Gasteiger partial charge in [0.05, 0.1) is 6.10 Å². The zero-order valence-corrected chi connectivity index (χ0v) is 17.0. The molecule has 0 bridgehead atoms. The number of anilines is 1. The van der Waals surface area contributed by atoms with E-state index in [2.05, 4.69) is 21.4 Å². The number of nitrogens with one attached hydrogen (secondary N) is 1. The molecule has 150 valence electrons. The zero-order valence-electron chi connectivity index (χ0n) is 16.2. The van der Waals surface area contributed by atoms with Gasteiger partial charge < -0.3 is 19.4 Å². The normalized spacial score (nSPS) is 16.1. The summed E-state index contributed by atoms with van der Waals surface area (Å²) in [5, 5.41) is 5.22. The Labute approximate surface area is 168 Å². The van der Waals surface area contributed by atoms with E-state index >= 15 is 0 Å². The summed E-state index contributed by atoms with van der Waals surface area (Å²) in [6.07, 6.45) is 4.01. The van der Waals surface area contributed by atoms with Gasteiger partial charge in [-0.2, -0.15) is 0 Å². The number of hydrogen-bond donors (Lipinski definition) is 1. The molecule has 1 N–H and O–H groups in total. The molecule has 7 nitrogen and oxygen atoms in total. The van der Waals surface area contributed by atoms with Crippen molar-refractivity contribution in [3.63, 3.8) is 0 Å². The van der Waals surface area contributed by atoms with E-state index < -0.39 is 5.97 Å². The summed E-state index contributed by atoms with van der Waals surface area (Å²) in [4.78, 5) is 28.9. The van der Waals surface area contributed by atoms with Crippen LogP contribution in [-0.2, 0) is 16.0 Å². The third kappa shape index (κ3) is 4.69. The molecule has 1 atom stereocenters. The van der Waals surface area contributed by atoms with Crippen LogP contribution in [0.25, 0.3) is 0 Å². The lowest BCUT2D eigenvalue weighted by molar-refractivity contribution is 0.0469. The Kier molecular flexibility index (Phi) is 6.64. The number of Topliss-reactive ketones (excluding diaryl/α,β-unsaturated/α-hetero) is 1. The molecule has 0 unspecified atom stereocenters. The lowest BCUT2D eigenvalue weighted by atomic mass is 10.1. The number of hydrogen-bond acceptors (Lipinski definition) is 7. The maximum absolute atomic E-state index is 12.6. The molecule has 8 heteroatoms. The second kappa shape index (κ2) is 9.16. The third-order valence-electron chi connectivity index (χ3n) is 4.73. The first-order valence-electron chi connectivity index (χ1n) is 9.28. The van der Waals surface area contributed by atoms with Gasteiger partial charge in [-0.1, -0.05) is 6.08 Å². The molecule has 0 saturated carbocycles. The van der Waals surface area contributed by atoms with Gasteiger partial charge in [0.1, 0.15) is 0 Å². The Morgan fingerprint density at radius 2 is 2.32 bits per heavy atom. The molecule has 1 fully saturated rings. The highest BCUT2D eigenvalue weighted by atomic mass is 32.1. The molecule has 1 aliphatic heterocycles. The average Bonchev–Trinajstić information content (AvgIpc) is 3.42. The third-order valence-corrected chi connectivity index (χ3v) is 5.53. The molecule has 1 saturated heterocycles. The van der Waals surface area contributed by atoms with Crippen molar-refractivity contribution < 1.29 is 19.1 Å². The largest absolute Gasteiger partial charge is 0.453 e. The summed E-state index contributed by atoms with van der Waals surface area (Å²) in [6.45, 7) is 9.28. The van der Waals surface area contributed by atoms with Crippen LogP contribution in [0.3, 0.4) is 0 Å². The van der Waals surface area contributed by atoms with Crippen LogP contribution in [0, 0.1) is 13.8 Å². The van der Waals surface area contributed by atoms with Crippen molar-refractivity contribution in [3.05, 3.63) is 46.7 Å². The number of aromatic nitrogens is 2. The van der Waals surface area contributed by atoms with Gasteiger partial charge in [0.15, 0.2) is 17.4 Å². The highest BCUT2D eigenvalue weighted by Gasteiger charge is 2.22. The summed E-state index contributed by atoms with van der Waals surface area (Å²) in [5.74, 6) is -0.829. The zero-order chi connectivity index (χ0) is 20.1. The predicted molar refractivity (Wildman–Crippen MR) is 108 cm³/mol. The number of rotatable bonds is 9. The second-order valence-electron chi connectivity index (χ2n) is 6.74. The van der Waals surface area contributed by atoms with E-state index in [0.29, 0.717) is 17.2 Å². The number of carbonyl (C=O) groups is 2. The highest BCUT2D eigenvalue weighted by molar-refractivity contribution is 7.13. The van der Waals surface area contributed by atoms with Crippen LogP contribution < -0.4 is 5.32 Å². The number of nitrogens with zero attached hydrogens (tertiary/aromatic N) is 2. The van der Waals surface area contributed by atoms with E-state index in [1.54, 1.807) is 11.5 Å². The lowest BCUT2D eigenvalue weighted by Crippen LogP contribution is -2.18. The molecule has 2 aromatic heterocycles. The van der Waals surface area contributed by atoms with E-state index in [-0.39, 0.29) is 24.2 Å². The summed E-state index contributed by atoms with van der Waals surface area (Å²) in [7, 11) is 0. The highest BCUT2D eigenvalue weighted by Crippen LogP contribution is 2.21. The van der Waals surface area contributed by atoms with Crippen LogP contribution in [0.5, 0.6) is 0 Å². The Morgan fingerprint density at radius 1 is 1.50 bits per heavy atom. The van der Waals surface area contributed by atoms with Crippen molar-refractivity contribution in [2.45, 2.75) is 39.3 Å². The molecule has 2 aromatic rings. The van der Waals surface area contributed by atoms with E-state index in [1.807, 2.05) is 19.9 Å². The minimum atomic E-state index is -0.607. The standard InChI is InChI=1S/C20H25N3O4S/c1-4-7-21-20-22-17(12-28-20)19(25)27-11-18(24)16-9-13(2)23(14(16)3)10-15-6-5-8-26-15/h4,9,12,15H,1,5-8,10-11H2,2-3H3,(H,21,22)/t15-/m0/s1. The van der Waals surface area contributed by atoms with Gasteiger partial charge in [-0.3, -0.25) is 4.79 Å². The summed E-state index contributed by atoms with van der Waals surface area (Å²) >= 11 is 1.30. The Morgan fingerprint density at radius 3 is 3.04 bits per heavy atom. The lowest BCUT2D eigenvalue weighted by Gasteiger charge is -2.14. The number of carbonyl (C=O) groups excluding carboxylic acids is 2. The first-order valence-corrected chi connectivity index (χ1v) is 10.2. The molecule has 3 heterocycles. The molecule has 0 aliphatic carbocycles. The quantitative estimate of drug-likeness (QED) is 0.393. The molecule has 3 rings (SSSR count). The number of ether oxygens (including phenoxy) is 2. The maximum Gasteiger partial charge on any atom is 0.358 e. The number of ketones is 1. The molecule has 0 spiro atoms. The minimum absolute atomic E-state index is 0.188. The van der Waals surface area contributed by atoms with E-state index in [4.69, 9.17) is 9.47 Å². The van der Waals surface area contributed by atoms with Crippen molar-refractivity contribution in [2.75, 3.05) is 25.1 Å². The fraction of sp³-hybridized carbons (Fsp3) is 0.450. The Bertz CT molecular complexity index is 865. The predicted octanol–water partition coefficient (Wildman–Crippen LogP) is 3.38. The van der Waals surface area contributed by atoms with Crippen molar-refractivity contribution in [1.82, 2.24) is 9.55 Å². The van der Waals surface area contributed by atoms with Crippen molar-refractivity contribution in [1.29, 1.82) is 0 Å². The second-order valence-corrected chi connectivity index (χ2v) is 7.60. The molecule has 1 aliphatic rings. The first-order chi connectivity index (χ1) is 13.5. The SMILES string of the molecule is C=CCNc1nc(C(=O)OCC(=O)c2cc(C)n(C[C@@H]3CCCO3)c2C)cs1. The molecule has 0 amide bonds. The van der Waals surface area contributed by atoms with E-state index in [1.165, 1.54) is 11.3 Å². The van der Waals surface area contributed by atoms with Crippen molar-refractivity contribution in [3.8, 4) is 0 Å². The van der Waals surface area contributed by atoms with E-state index in [0.717, 1.165) is 37.4 Å². The van der Waals surface area contributed by atoms with Crippen LogP contribution in [-0.4, -0.2) is 47.2 Å². The Balaban J connectivity index is 1.59. The molecule has 28 heavy (non-hydrogen) atoms. The Hall–Kier alpha value is -2.45. The molecular formula is C20H25N3O4S. The number of aryl methyl sites for hydroxylation is 1. The van der Waals surface area contributed by atoms with Gasteiger partial charge in [0.25, 0.3) is 0 Å². The van der Waals surface area contributed by atoms with Gasteiger partial charge in [0.2, 0.25) is 5.78 Å². The van der Waals surface area contributed by atoms with Crippen LogP contribution in [0.15, 0.2) is 24.1 Å². The smallest absolute Gasteiger partial charge is 0.358 e. The van der Waals surface area contributed by atoms with Crippen LogP contribution in [0.1, 0.15) is 45.1 Å². The minimum Gasteiger partial charge on any atom is -0.453 e. The molecule has 0 radical (unpaired) electrons. The van der Waals surface area contributed by atoms with Gasteiger partial charge >= 0.3 is 5.97 Å². The monoisotopic (exact) mass is 403 g/mol. The summed E-state index contributed by atoms with van der Waals surface area (Å²) in [5.41, 5.74) is 2.64. The molecule has 0 aromatic carbocycles.